The molecule has 1 N–H and O–H groups in total. The van der Waals surface area contributed by atoms with Gasteiger partial charge in [0, 0.05) is 18.0 Å². The Morgan fingerprint density at radius 1 is 1.53 bits per heavy atom. The molecule has 0 aromatic carbocycles. The first kappa shape index (κ1) is 12.5. The molecule has 2 nitrogen and oxygen atoms in total. The molecule has 0 aliphatic carbocycles. The van der Waals surface area contributed by atoms with Gasteiger partial charge in [-0.3, -0.25) is 4.98 Å². The molecule has 4 heteroatoms. The largest absolute Gasteiger partial charge is 0.309 e. The number of nitrogens with one attached hydrogen (secondary N) is 1. The zero-order valence-corrected chi connectivity index (χ0v) is 9.98. The predicted octanol–water partition coefficient (Wildman–Crippen LogP) is 2.62. The van der Waals surface area contributed by atoms with E-state index in [0.29, 0.717) is 0 Å². The molecule has 1 unspecified atom stereocenters. The number of thioether (sulfide) groups is 1. The molecule has 84 valence electrons. The van der Waals surface area contributed by atoms with Crippen molar-refractivity contribution in [2.75, 3.05) is 18.6 Å². The lowest BCUT2D eigenvalue weighted by atomic mass is 10.1. The van der Waals surface area contributed by atoms with Crippen molar-refractivity contribution >= 4 is 11.8 Å². The van der Waals surface area contributed by atoms with Gasteiger partial charge in [0.1, 0.15) is 5.82 Å². The molecule has 15 heavy (non-hydrogen) atoms. The maximum Gasteiger partial charge on any atom is 0.141 e. The highest BCUT2D eigenvalue weighted by atomic mass is 32.2. The van der Waals surface area contributed by atoms with E-state index in [-0.39, 0.29) is 11.9 Å². The predicted molar refractivity (Wildman–Crippen MR) is 63.6 cm³/mol. The average Bonchev–Trinajstić information content (AvgIpc) is 2.24. The van der Waals surface area contributed by atoms with Crippen LogP contribution in [0.2, 0.25) is 0 Å². The monoisotopic (exact) mass is 228 g/mol. The van der Waals surface area contributed by atoms with Crippen molar-refractivity contribution in [1.82, 2.24) is 10.3 Å². The lowest BCUT2D eigenvalue weighted by Crippen LogP contribution is -2.24. The van der Waals surface area contributed by atoms with Crippen LogP contribution >= 0.6 is 11.8 Å². The van der Waals surface area contributed by atoms with Gasteiger partial charge in [0.25, 0.3) is 0 Å². The van der Waals surface area contributed by atoms with Gasteiger partial charge in [-0.25, -0.2) is 4.39 Å². The third-order valence-electron chi connectivity index (χ3n) is 2.10. The smallest absolute Gasteiger partial charge is 0.141 e. The average molecular weight is 228 g/mol. The third kappa shape index (κ3) is 4.18. The Labute approximate surface area is 94.7 Å². The van der Waals surface area contributed by atoms with Gasteiger partial charge in [-0.2, -0.15) is 11.8 Å². The summed E-state index contributed by atoms with van der Waals surface area (Å²) in [5, 5.41) is 3.39. The summed E-state index contributed by atoms with van der Waals surface area (Å²) in [6, 6.07) is 1.75. The SMILES string of the molecule is CCCNC(CSC)c1cncc(F)c1. The first-order valence-corrected chi connectivity index (χ1v) is 6.50. The molecular weight excluding hydrogens is 211 g/mol. The fraction of sp³-hybridized carbons (Fsp3) is 0.545. The minimum atomic E-state index is -0.267. The van der Waals surface area contributed by atoms with Crippen LogP contribution in [0.25, 0.3) is 0 Å². The second-order valence-corrected chi connectivity index (χ2v) is 4.31. The minimum absolute atomic E-state index is 0.197. The van der Waals surface area contributed by atoms with Gasteiger partial charge in [-0.1, -0.05) is 6.92 Å². The molecule has 0 radical (unpaired) electrons. The lowest BCUT2D eigenvalue weighted by Gasteiger charge is -2.17. The fourth-order valence-corrected chi connectivity index (χ4v) is 2.02. The number of rotatable bonds is 6. The minimum Gasteiger partial charge on any atom is -0.309 e. The maximum absolute atomic E-state index is 13.0. The summed E-state index contributed by atoms with van der Waals surface area (Å²) in [4.78, 5) is 3.87. The topological polar surface area (TPSA) is 24.9 Å². The third-order valence-corrected chi connectivity index (χ3v) is 2.77. The van der Waals surface area contributed by atoms with Crippen molar-refractivity contribution in [2.45, 2.75) is 19.4 Å². The molecule has 0 fully saturated rings. The molecule has 0 saturated heterocycles. The van der Waals surface area contributed by atoms with E-state index in [0.717, 1.165) is 24.3 Å². The van der Waals surface area contributed by atoms with E-state index in [1.54, 1.807) is 24.0 Å². The number of aromatic nitrogens is 1. The summed E-state index contributed by atoms with van der Waals surface area (Å²) in [7, 11) is 0. The number of hydrogen-bond donors (Lipinski definition) is 1. The zero-order valence-electron chi connectivity index (χ0n) is 9.16. The van der Waals surface area contributed by atoms with Crippen molar-refractivity contribution in [2.24, 2.45) is 0 Å². The highest BCUT2D eigenvalue weighted by Gasteiger charge is 2.10. The van der Waals surface area contributed by atoms with Gasteiger partial charge in [0.05, 0.1) is 6.20 Å². The molecule has 0 aliphatic rings. The summed E-state index contributed by atoms with van der Waals surface area (Å²) < 4.78 is 13.0. The molecule has 0 spiro atoms. The number of nitrogens with zero attached hydrogens (tertiary/aromatic N) is 1. The number of halogens is 1. The van der Waals surface area contributed by atoms with E-state index < -0.39 is 0 Å². The van der Waals surface area contributed by atoms with Gasteiger partial charge < -0.3 is 5.32 Å². The summed E-state index contributed by atoms with van der Waals surface area (Å²) in [6.45, 7) is 3.06. The second-order valence-electron chi connectivity index (χ2n) is 3.40. The van der Waals surface area contributed by atoms with E-state index in [1.165, 1.54) is 6.20 Å². The molecule has 0 bridgehead atoms. The Kier molecular flexibility index (Phi) is 5.65. The Hall–Kier alpha value is -0.610. The molecule has 0 saturated carbocycles. The van der Waals surface area contributed by atoms with Gasteiger partial charge >= 0.3 is 0 Å². The van der Waals surface area contributed by atoms with Crippen LogP contribution in [0.3, 0.4) is 0 Å². The van der Waals surface area contributed by atoms with Crippen molar-refractivity contribution in [1.29, 1.82) is 0 Å². The van der Waals surface area contributed by atoms with Crippen molar-refractivity contribution in [3.8, 4) is 0 Å². The Morgan fingerprint density at radius 3 is 2.93 bits per heavy atom. The number of hydrogen-bond acceptors (Lipinski definition) is 3. The molecule has 1 aromatic heterocycles. The summed E-state index contributed by atoms with van der Waals surface area (Å²) in [5.41, 5.74) is 0.929. The van der Waals surface area contributed by atoms with Crippen LogP contribution in [0.4, 0.5) is 4.39 Å². The lowest BCUT2D eigenvalue weighted by molar-refractivity contribution is 0.564. The van der Waals surface area contributed by atoms with E-state index in [9.17, 15) is 4.39 Å². The fourth-order valence-electron chi connectivity index (χ4n) is 1.38. The zero-order chi connectivity index (χ0) is 11.1. The summed E-state index contributed by atoms with van der Waals surface area (Å²) in [5.74, 6) is 0.669. The molecule has 0 amide bonds. The van der Waals surface area contributed by atoms with Crippen molar-refractivity contribution in [3.63, 3.8) is 0 Å². The Bertz CT molecular complexity index is 294. The van der Waals surface area contributed by atoms with E-state index in [1.807, 2.05) is 6.26 Å². The molecular formula is C11H17FN2S. The normalized spacial score (nSPS) is 12.7. The van der Waals surface area contributed by atoms with Crippen LogP contribution < -0.4 is 5.32 Å². The standard InChI is InChI=1S/C11H17FN2S/c1-3-4-14-11(8-15-2)9-5-10(12)7-13-6-9/h5-7,11,14H,3-4,8H2,1-2H3. The van der Waals surface area contributed by atoms with Gasteiger partial charge in [0.2, 0.25) is 0 Å². The Balaban J connectivity index is 2.69. The van der Waals surface area contributed by atoms with E-state index >= 15 is 0 Å². The van der Waals surface area contributed by atoms with Crippen LogP contribution in [0, 0.1) is 5.82 Å². The van der Waals surface area contributed by atoms with Crippen LogP contribution in [0.1, 0.15) is 24.9 Å². The highest BCUT2D eigenvalue weighted by Crippen LogP contribution is 2.16. The van der Waals surface area contributed by atoms with Crippen LogP contribution in [0.5, 0.6) is 0 Å². The van der Waals surface area contributed by atoms with Crippen molar-refractivity contribution < 1.29 is 4.39 Å². The molecule has 1 aromatic rings. The van der Waals surface area contributed by atoms with Crippen LogP contribution in [-0.4, -0.2) is 23.5 Å². The first-order valence-electron chi connectivity index (χ1n) is 5.10. The molecule has 1 atom stereocenters. The van der Waals surface area contributed by atoms with Gasteiger partial charge in [-0.05, 0) is 30.9 Å². The van der Waals surface area contributed by atoms with Gasteiger partial charge in [0.15, 0.2) is 0 Å². The van der Waals surface area contributed by atoms with Crippen LogP contribution in [0.15, 0.2) is 18.5 Å². The summed E-state index contributed by atoms with van der Waals surface area (Å²) >= 11 is 1.75. The molecule has 1 heterocycles. The molecule has 1 rings (SSSR count). The van der Waals surface area contributed by atoms with Gasteiger partial charge in [-0.15, -0.1) is 0 Å². The maximum atomic E-state index is 13.0. The Morgan fingerprint density at radius 2 is 2.33 bits per heavy atom. The molecule has 0 aliphatic heterocycles. The first-order chi connectivity index (χ1) is 7.27. The van der Waals surface area contributed by atoms with Crippen LogP contribution in [-0.2, 0) is 0 Å². The second kappa shape index (κ2) is 6.80. The number of pyridine rings is 1. The van der Waals surface area contributed by atoms with E-state index in [4.69, 9.17) is 0 Å². The highest BCUT2D eigenvalue weighted by molar-refractivity contribution is 7.98. The summed E-state index contributed by atoms with van der Waals surface area (Å²) in [6.07, 6.45) is 6.09. The van der Waals surface area contributed by atoms with Crippen molar-refractivity contribution in [3.05, 3.63) is 29.8 Å². The quantitative estimate of drug-likeness (QED) is 0.810. The van der Waals surface area contributed by atoms with E-state index in [2.05, 4.69) is 17.2 Å².